The van der Waals surface area contributed by atoms with E-state index in [1.54, 1.807) is 10.9 Å². The standard InChI is InChI=1S/C21H25BrN6OS/c1-3-20-24-27(15-26-12-10-25(2)11-13-26)21(30)28(20)23-14-18-8-9-19(29-18)16-4-6-17(22)7-5-16/h4-9,14H,3,10-13,15H2,1-2H3/b23-14+. The second-order valence-corrected chi connectivity index (χ2v) is 8.66. The predicted molar refractivity (Wildman–Crippen MR) is 124 cm³/mol. The number of nitrogens with zero attached hydrogens (tertiary/aromatic N) is 6. The molecule has 0 saturated carbocycles. The lowest BCUT2D eigenvalue weighted by Crippen LogP contribution is -2.45. The number of furan rings is 1. The molecule has 0 atom stereocenters. The molecule has 0 radical (unpaired) electrons. The zero-order valence-electron chi connectivity index (χ0n) is 17.2. The molecule has 4 rings (SSSR count). The summed E-state index contributed by atoms with van der Waals surface area (Å²) in [6.45, 7) is 6.90. The first-order valence-corrected chi connectivity index (χ1v) is 11.2. The van der Waals surface area contributed by atoms with Crippen LogP contribution in [0.2, 0.25) is 0 Å². The van der Waals surface area contributed by atoms with Crippen molar-refractivity contribution in [1.29, 1.82) is 0 Å². The molecule has 9 heteroatoms. The zero-order chi connectivity index (χ0) is 21.1. The molecule has 1 aliphatic heterocycles. The summed E-state index contributed by atoms with van der Waals surface area (Å²) in [4.78, 5) is 4.70. The first-order chi connectivity index (χ1) is 14.5. The normalized spacial score (nSPS) is 16.0. The minimum absolute atomic E-state index is 0.599. The van der Waals surface area contributed by atoms with Gasteiger partial charge in [0, 0.05) is 42.6 Å². The van der Waals surface area contributed by atoms with Crippen molar-refractivity contribution >= 4 is 34.4 Å². The Morgan fingerprint density at radius 3 is 2.57 bits per heavy atom. The maximum Gasteiger partial charge on any atom is 0.220 e. The maximum atomic E-state index is 5.93. The van der Waals surface area contributed by atoms with Crippen LogP contribution in [0.25, 0.3) is 11.3 Å². The Hall–Kier alpha value is -2.07. The van der Waals surface area contributed by atoms with Crippen molar-refractivity contribution in [2.24, 2.45) is 5.10 Å². The van der Waals surface area contributed by atoms with E-state index in [9.17, 15) is 0 Å². The van der Waals surface area contributed by atoms with Crippen molar-refractivity contribution in [2.45, 2.75) is 20.0 Å². The summed E-state index contributed by atoms with van der Waals surface area (Å²) in [5.41, 5.74) is 1.02. The minimum Gasteiger partial charge on any atom is -0.455 e. The van der Waals surface area contributed by atoms with E-state index in [4.69, 9.17) is 16.6 Å². The molecule has 3 aromatic rings. The van der Waals surface area contributed by atoms with E-state index in [1.165, 1.54) is 0 Å². The van der Waals surface area contributed by atoms with E-state index in [1.807, 2.05) is 41.1 Å². The highest BCUT2D eigenvalue weighted by Gasteiger charge is 2.16. The van der Waals surface area contributed by atoms with E-state index >= 15 is 0 Å². The molecule has 1 saturated heterocycles. The van der Waals surface area contributed by atoms with Crippen molar-refractivity contribution in [3.05, 3.63) is 57.2 Å². The number of aromatic nitrogens is 3. The van der Waals surface area contributed by atoms with E-state index in [0.717, 1.165) is 54.2 Å². The largest absolute Gasteiger partial charge is 0.455 e. The molecule has 0 N–H and O–H groups in total. The van der Waals surface area contributed by atoms with Gasteiger partial charge in [0.15, 0.2) is 5.82 Å². The zero-order valence-corrected chi connectivity index (χ0v) is 19.6. The van der Waals surface area contributed by atoms with Gasteiger partial charge in [0.05, 0.1) is 12.9 Å². The molecular formula is C21H25BrN6OS. The van der Waals surface area contributed by atoms with Gasteiger partial charge in [0.2, 0.25) is 4.77 Å². The van der Waals surface area contributed by atoms with Crippen LogP contribution < -0.4 is 0 Å². The summed E-state index contributed by atoms with van der Waals surface area (Å²) in [7, 11) is 2.15. The first-order valence-electron chi connectivity index (χ1n) is 10.0. The molecule has 30 heavy (non-hydrogen) atoms. The van der Waals surface area contributed by atoms with Crippen LogP contribution in [0.15, 0.2) is 50.4 Å². The van der Waals surface area contributed by atoms with Crippen LogP contribution in [0.1, 0.15) is 18.5 Å². The van der Waals surface area contributed by atoms with Gasteiger partial charge < -0.3 is 9.32 Å². The number of benzene rings is 1. The summed E-state index contributed by atoms with van der Waals surface area (Å²) < 4.78 is 11.2. The van der Waals surface area contributed by atoms with Crippen LogP contribution in [0.3, 0.4) is 0 Å². The van der Waals surface area contributed by atoms with Gasteiger partial charge >= 0.3 is 0 Å². The third-order valence-electron chi connectivity index (χ3n) is 5.18. The van der Waals surface area contributed by atoms with Gasteiger partial charge in [-0.25, -0.2) is 4.68 Å². The van der Waals surface area contributed by atoms with Crippen LogP contribution in [-0.2, 0) is 13.1 Å². The lowest BCUT2D eigenvalue weighted by Gasteiger charge is -2.31. The minimum atomic E-state index is 0.599. The summed E-state index contributed by atoms with van der Waals surface area (Å²) >= 11 is 9.11. The van der Waals surface area contributed by atoms with E-state index < -0.39 is 0 Å². The first kappa shape index (κ1) is 21.2. The number of halogens is 1. The van der Waals surface area contributed by atoms with Crippen LogP contribution in [-0.4, -0.2) is 63.7 Å². The highest BCUT2D eigenvalue weighted by molar-refractivity contribution is 9.10. The fraction of sp³-hybridized carbons (Fsp3) is 0.381. The molecule has 1 fully saturated rings. The molecule has 0 spiro atoms. The predicted octanol–water partition coefficient (Wildman–Crippen LogP) is 4.09. The quantitative estimate of drug-likeness (QED) is 0.386. The molecule has 1 aromatic carbocycles. The van der Waals surface area contributed by atoms with Gasteiger partial charge in [-0.05, 0) is 43.5 Å². The van der Waals surface area contributed by atoms with Gasteiger partial charge in [0.25, 0.3) is 0 Å². The topological polar surface area (TPSA) is 54.7 Å². The highest BCUT2D eigenvalue weighted by Crippen LogP contribution is 2.23. The van der Waals surface area contributed by atoms with E-state index in [2.05, 4.69) is 49.9 Å². The second-order valence-electron chi connectivity index (χ2n) is 7.38. The summed E-state index contributed by atoms with van der Waals surface area (Å²) in [5.74, 6) is 2.31. The van der Waals surface area contributed by atoms with Gasteiger partial charge in [-0.1, -0.05) is 35.0 Å². The highest BCUT2D eigenvalue weighted by atomic mass is 79.9. The number of hydrogen-bond acceptors (Lipinski definition) is 6. The summed E-state index contributed by atoms with van der Waals surface area (Å²) in [5, 5.41) is 9.26. The van der Waals surface area contributed by atoms with Crippen molar-refractivity contribution < 1.29 is 4.42 Å². The monoisotopic (exact) mass is 488 g/mol. The fourth-order valence-electron chi connectivity index (χ4n) is 3.36. The molecule has 7 nitrogen and oxygen atoms in total. The molecule has 158 valence electrons. The number of aryl methyl sites for hydroxylation is 1. The van der Waals surface area contributed by atoms with E-state index in [-0.39, 0.29) is 0 Å². The average Bonchev–Trinajstić information content (AvgIpc) is 3.33. The smallest absolute Gasteiger partial charge is 0.220 e. The average molecular weight is 489 g/mol. The lowest BCUT2D eigenvalue weighted by atomic mass is 10.2. The molecule has 0 unspecified atom stereocenters. The fourth-order valence-corrected chi connectivity index (χ4v) is 3.87. The van der Waals surface area contributed by atoms with E-state index in [0.29, 0.717) is 17.2 Å². The van der Waals surface area contributed by atoms with Crippen LogP contribution in [0.5, 0.6) is 0 Å². The number of hydrogen-bond donors (Lipinski definition) is 0. The Morgan fingerprint density at radius 2 is 1.87 bits per heavy atom. The molecule has 3 heterocycles. The lowest BCUT2D eigenvalue weighted by molar-refractivity contribution is 0.118. The van der Waals surface area contributed by atoms with Gasteiger partial charge in [0.1, 0.15) is 11.5 Å². The molecule has 0 bridgehead atoms. The number of likely N-dealkylation sites (N-methyl/N-ethyl adjacent to an activating group) is 1. The van der Waals surface area contributed by atoms with Gasteiger partial charge in [-0.15, -0.1) is 0 Å². The molecule has 2 aromatic heterocycles. The van der Waals surface area contributed by atoms with Gasteiger partial charge in [-0.2, -0.15) is 14.9 Å². The number of piperazine rings is 1. The third kappa shape index (κ3) is 4.80. The Labute approximate surface area is 189 Å². The van der Waals surface area contributed by atoms with Crippen molar-refractivity contribution in [3.8, 4) is 11.3 Å². The third-order valence-corrected chi connectivity index (χ3v) is 6.10. The van der Waals surface area contributed by atoms with Crippen LogP contribution in [0, 0.1) is 4.77 Å². The van der Waals surface area contributed by atoms with Crippen molar-refractivity contribution in [2.75, 3.05) is 33.2 Å². The van der Waals surface area contributed by atoms with Gasteiger partial charge in [-0.3, -0.25) is 4.90 Å². The SMILES string of the molecule is CCc1nn(CN2CCN(C)CC2)c(=S)n1/N=C/c1ccc(-c2ccc(Br)cc2)o1. The molecule has 1 aliphatic rings. The second kappa shape index (κ2) is 9.38. The Balaban J connectivity index is 1.51. The summed E-state index contributed by atoms with van der Waals surface area (Å²) in [6, 6.07) is 11.9. The Kier molecular flexibility index (Phi) is 6.62. The van der Waals surface area contributed by atoms with Crippen molar-refractivity contribution in [1.82, 2.24) is 24.3 Å². The number of rotatable bonds is 6. The van der Waals surface area contributed by atoms with Crippen molar-refractivity contribution in [3.63, 3.8) is 0 Å². The Bertz CT molecular complexity index is 1080. The van der Waals surface area contributed by atoms with Crippen LogP contribution in [0.4, 0.5) is 0 Å². The molecular weight excluding hydrogens is 464 g/mol. The molecule has 0 aliphatic carbocycles. The molecule has 0 amide bonds. The van der Waals surface area contributed by atoms with Crippen LogP contribution >= 0.6 is 28.1 Å². The summed E-state index contributed by atoms with van der Waals surface area (Å²) in [6.07, 6.45) is 2.44. The maximum absolute atomic E-state index is 5.93. The Morgan fingerprint density at radius 1 is 1.13 bits per heavy atom.